The largest absolute Gasteiger partial charge is 0.482 e. The van der Waals surface area contributed by atoms with Crippen LogP contribution in [0.4, 0.5) is 10.1 Å². The highest BCUT2D eigenvalue weighted by Crippen LogP contribution is 2.29. The van der Waals surface area contributed by atoms with Crippen LogP contribution < -0.4 is 10.3 Å². The van der Waals surface area contributed by atoms with Crippen LogP contribution in [0.5, 0.6) is 5.75 Å². The van der Waals surface area contributed by atoms with E-state index in [9.17, 15) is 19.3 Å². The normalized spacial score (nSPS) is 11.4. The fourth-order valence-corrected chi connectivity index (χ4v) is 4.26. The first kappa shape index (κ1) is 24.7. The predicted molar refractivity (Wildman–Crippen MR) is 148 cm³/mol. The summed E-state index contributed by atoms with van der Waals surface area (Å²) in [5.74, 6) is 0.0149. The number of halogens is 1. The van der Waals surface area contributed by atoms with Gasteiger partial charge in [-0.25, -0.2) is 9.37 Å². The minimum Gasteiger partial charge on any atom is -0.482 e. The van der Waals surface area contributed by atoms with Gasteiger partial charge in [0.2, 0.25) is 5.82 Å². The van der Waals surface area contributed by atoms with Gasteiger partial charge in [-0.3, -0.25) is 14.9 Å². The molecule has 0 aliphatic carbocycles. The van der Waals surface area contributed by atoms with Gasteiger partial charge in [-0.05, 0) is 42.5 Å². The molecule has 0 atom stereocenters. The summed E-state index contributed by atoms with van der Waals surface area (Å²) in [5, 5.41) is 17.3. The van der Waals surface area contributed by atoms with Gasteiger partial charge in [-0.15, -0.1) is 0 Å². The second kappa shape index (κ2) is 10.3. The molecule has 40 heavy (non-hydrogen) atoms. The number of nitrogens with zero attached hydrogens (tertiary/aromatic N) is 4. The topological polar surface area (TPSA) is 113 Å². The first-order chi connectivity index (χ1) is 19.5. The van der Waals surface area contributed by atoms with E-state index in [2.05, 4.69) is 10.1 Å². The van der Waals surface area contributed by atoms with Crippen LogP contribution in [0.15, 0.2) is 111 Å². The Hall–Kier alpha value is -5.64. The average Bonchev–Trinajstić information content (AvgIpc) is 3.41. The number of aromatic nitrogens is 2. The monoisotopic (exact) mass is 534 g/mol. The number of hydrogen-bond donors (Lipinski definition) is 0. The maximum atomic E-state index is 14.0. The molecule has 4 aromatic carbocycles. The summed E-state index contributed by atoms with van der Waals surface area (Å²) in [7, 11) is 0. The Labute approximate surface area is 225 Å². The first-order valence-electron chi connectivity index (χ1n) is 12.2. The number of hydrogen-bond acceptors (Lipinski definition) is 7. The Kier molecular flexibility index (Phi) is 6.33. The average molecular weight is 535 g/mol. The lowest BCUT2D eigenvalue weighted by atomic mass is 10.2. The van der Waals surface area contributed by atoms with E-state index < -0.39 is 16.3 Å². The van der Waals surface area contributed by atoms with Crippen LogP contribution in [-0.2, 0) is 6.61 Å². The highest BCUT2D eigenvalue weighted by atomic mass is 19.1. The van der Waals surface area contributed by atoms with Crippen LogP contribution in [-0.4, -0.2) is 20.8 Å². The lowest BCUT2D eigenvalue weighted by molar-refractivity contribution is -0.386. The van der Waals surface area contributed by atoms with Crippen molar-refractivity contribution in [3.8, 4) is 17.3 Å². The molecule has 0 aliphatic heterocycles. The fourth-order valence-electron chi connectivity index (χ4n) is 4.26. The molecular formula is C30H19FN4O5. The third kappa shape index (κ3) is 4.69. The molecule has 0 amide bonds. The van der Waals surface area contributed by atoms with Crippen LogP contribution in [0.25, 0.3) is 33.5 Å². The van der Waals surface area contributed by atoms with Crippen molar-refractivity contribution in [2.45, 2.75) is 6.61 Å². The summed E-state index contributed by atoms with van der Waals surface area (Å²) in [5.41, 5.74) is 0.932. The van der Waals surface area contributed by atoms with Crippen molar-refractivity contribution in [3.05, 3.63) is 134 Å². The lowest BCUT2D eigenvalue weighted by Gasteiger charge is -2.09. The molecule has 0 spiro atoms. The van der Waals surface area contributed by atoms with Gasteiger partial charge >= 0.3 is 5.69 Å². The molecule has 2 aromatic heterocycles. The van der Waals surface area contributed by atoms with Crippen molar-refractivity contribution in [1.29, 1.82) is 0 Å². The molecule has 0 N–H and O–H groups in total. The van der Waals surface area contributed by atoms with E-state index in [1.165, 1.54) is 30.5 Å². The maximum Gasteiger partial charge on any atom is 0.311 e. The second-order valence-corrected chi connectivity index (χ2v) is 8.83. The Bertz CT molecular complexity index is 1960. The summed E-state index contributed by atoms with van der Waals surface area (Å²) in [6.45, 7) is -0.181. The molecule has 9 nitrogen and oxygen atoms in total. The van der Waals surface area contributed by atoms with E-state index >= 15 is 0 Å². The van der Waals surface area contributed by atoms with E-state index in [1.54, 1.807) is 54.6 Å². The van der Waals surface area contributed by atoms with E-state index in [0.29, 0.717) is 27.8 Å². The molecular weight excluding hydrogens is 515 g/mol. The van der Waals surface area contributed by atoms with E-state index in [4.69, 9.17) is 9.15 Å². The van der Waals surface area contributed by atoms with Gasteiger partial charge in [0.15, 0.2) is 11.5 Å². The first-order valence-corrected chi connectivity index (χ1v) is 12.2. The van der Waals surface area contributed by atoms with Crippen LogP contribution >= 0.6 is 0 Å². The summed E-state index contributed by atoms with van der Waals surface area (Å²) in [6, 6.07) is 26.3. The van der Waals surface area contributed by atoms with Gasteiger partial charge in [0.25, 0.3) is 5.56 Å². The molecule has 6 rings (SSSR count). The minimum absolute atomic E-state index is 0.0297. The van der Waals surface area contributed by atoms with Gasteiger partial charge in [-0.1, -0.05) is 48.5 Å². The van der Waals surface area contributed by atoms with Crippen molar-refractivity contribution >= 4 is 33.8 Å². The minimum atomic E-state index is -0.600. The lowest BCUT2D eigenvalue weighted by Crippen LogP contribution is -2.20. The van der Waals surface area contributed by atoms with Crippen LogP contribution in [0.2, 0.25) is 0 Å². The van der Waals surface area contributed by atoms with E-state index in [0.717, 1.165) is 10.1 Å². The molecule has 10 heteroatoms. The Balaban J connectivity index is 1.39. The second-order valence-electron chi connectivity index (χ2n) is 8.83. The number of nitro groups is 1. The third-order valence-electron chi connectivity index (χ3n) is 6.24. The van der Waals surface area contributed by atoms with Crippen molar-refractivity contribution in [1.82, 2.24) is 9.66 Å². The standard InChI is InChI=1S/C30H19FN4O5/c31-23-10-4-1-8-21(23)18-39-27-14-13-19(15-25(27)35(37)38)17-32-34-29(28-16-20-7-2-6-12-26(20)40-28)33-24-11-5-3-9-22(24)30(34)36/h1-17H,18H2. The molecule has 0 saturated carbocycles. The zero-order valence-corrected chi connectivity index (χ0v) is 20.7. The molecule has 0 radical (unpaired) electrons. The van der Waals surface area contributed by atoms with Crippen LogP contribution in [0.1, 0.15) is 11.1 Å². The molecule has 0 unspecified atom stereocenters. The van der Waals surface area contributed by atoms with Crippen molar-refractivity contribution in [2.24, 2.45) is 5.10 Å². The number of nitro benzene ring substituents is 1. The highest BCUT2D eigenvalue weighted by Gasteiger charge is 2.18. The third-order valence-corrected chi connectivity index (χ3v) is 6.24. The number of fused-ring (bicyclic) bond motifs is 2. The summed E-state index contributed by atoms with van der Waals surface area (Å²) in [4.78, 5) is 29.3. The Morgan fingerprint density at radius 1 is 1.00 bits per heavy atom. The molecule has 0 saturated heterocycles. The number of para-hydroxylation sites is 2. The summed E-state index contributed by atoms with van der Waals surface area (Å²) >= 11 is 0. The Morgan fingerprint density at radius 3 is 2.60 bits per heavy atom. The number of furan rings is 1. The van der Waals surface area contributed by atoms with Gasteiger partial charge < -0.3 is 9.15 Å². The molecule has 196 valence electrons. The molecule has 6 aromatic rings. The zero-order chi connectivity index (χ0) is 27.6. The summed E-state index contributed by atoms with van der Waals surface area (Å²) in [6.07, 6.45) is 1.32. The molecule has 0 fully saturated rings. The zero-order valence-electron chi connectivity index (χ0n) is 20.7. The van der Waals surface area contributed by atoms with Crippen LogP contribution in [0.3, 0.4) is 0 Å². The van der Waals surface area contributed by atoms with E-state index in [1.807, 2.05) is 18.2 Å². The predicted octanol–water partition coefficient (Wildman–Crippen LogP) is 6.32. The number of ether oxygens (including phenoxy) is 1. The highest BCUT2D eigenvalue weighted by molar-refractivity contribution is 5.85. The number of benzene rings is 4. The fraction of sp³-hybridized carbons (Fsp3) is 0.0333. The number of rotatable bonds is 7. The Morgan fingerprint density at radius 2 is 1.77 bits per heavy atom. The van der Waals surface area contributed by atoms with Gasteiger partial charge in [0, 0.05) is 22.6 Å². The van der Waals surface area contributed by atoms with Gasteiger partial charge in [0.05, 0.1) is 22.0 Å². The summed E-state index contributed by atoms with van der Waals surface area (Å²) < 4.78 is 26.6. The SMILES string of the molecule is O=c1c2ccccc2nc(-c2cc3ccccc3o2)n1N=Cc1ccc(OCc2ccccc2F)c([N+](=O)[O-])c1. The van der Waals surface area contributed by atoms with Crippen molar-refractivity contribution < 1.29 is 18.5 Å². The van der Waals surface area contributed by atoms with Crippen molar-refractivity contribution in [2.75, 3.05) is 0 Å². The van der Waals surface area contributed by atoms with E-state index in [-0.39, 0.29) is 29.4 Å². The maximum absolute atomic E-state index is 14.0. The van der Waals surface area contributed by atoms with Crippen molar-refractivity contribution in [3.63, 3.8) is 0 Å². The smallest absolute Gasteiger partial charge is 0.311 e. The van der Waals surface area contributed by atoms with Crippen LogP contribution in [0, 0.1) is 15.9 Å². The molecule has 0 aliphatic rings. The van der Waals surface area contributed by atoms with Gasteiger partial charge in [0.1, 0.15) is 18.0 Å². The molecule has 0 bridgehead atoms. The van der Waals surface area contributed by atoms with Gasteiger partial charge in [-0.2, -0.15) is 9.78 Å². The quantitative estimate of drug-likeness (QED) is 0.135. The molecule has 2 heterocycles.